The summed E-state index contributed by atoms with van der Waals surface area (Å²) in [5.41, 5.74) is 0.324. The molecule has 1 aliphatic rings. The highest BCUT2D eigenvalue weighted by atomic mass is 16.5. The number of hydrogen-bond acceptors (Lipinski definition) is 3. The molecule has 4 nitrogen and oxygen atoms in total. The van der Waals surface area contributed by atoms with E-state index in [1.807, 2.05) is 38.1 Å². The molecule has 1 aromatic carbocycles. The van der Waals surface area contributed by atoms with Crippen LogP contribution in [0.2, 0.25) is 0 Å². The number of hydrogen-bond donors (Lipinski definition) is 2. The Morgan fingerprint density at radius 1 is 1.47 bits per heavy atom. The van der Waals surface area contributed by atoms with E-state index < -0.39 is 5.54 Å². The Labute approximate surface area is 114 Å². The summed E-state index contributed by atoms with van der Waals surface area (Å²) >= 11 is 0. The molecule has 0 spiro atoms. The van der Waals surface area contributed by atoms with E-state index in [9.17, 15) is 4.79 Å². The first kappa shape index (κ1) is 13.9. The molecule has 104 valence electrons. The van der Waals surface area contributed by atoms with Gasteiger partial charge in [0.1, 0.15) is 5.75 Å². The van der Waals surface area contributed by atoms with Crippen LogP contribution in [0.15, 0.2) is 24.3 Å². The van der Waals surface area contributed by atoms with Crippen LogP contribution in [0.3, 0.4) is 0 Å². The Morgan fingerprint density at radius 2 is 2.32 bits per heavy atom. The van der Waals surface area contributed by atoms with Crippen molar-refractivity contribution in [3.8, 4) is 5.75 Å². The highest BCUT2D eigenvalue weighted by Crippen LogP contribution is 2.22. The molecule has 1 saturated heterocycles. The smallest absolute Gasteiger partial charge is 0.244 e. The van der Waals surface area contributed by atoms with Crippen molar-refractivity contribution in [2.75, 3.05) is 18.5 Å². The Bertz CT molecular complexity index is 440. The SMILES string of the molecule is CCOc1cccc(NC(=O)C2(C)CCCCN2)c1. The first-order valence-corrected chi connectivity index (χ1v) is 6.93. The van der Waals surface area contributed by atoms with Crippen LogP contribution in [0.5, 0.6) is 5.75 Å². The molecule has 1 atom stereocenters. The summed E-state index contributed by atoms with van der Waals surface area (Å²) in [7, 11) is 0. The number of rotatable bonds is 4. The average molecular weight is 262 g/mol. The summed E-state index contributed by atoms with van der Waals surface area (Å²) in [6, 6.07) is 7.51. The van der Waals surface area contributed by atoms with Crippen LogP contribution in [0.25, 0.3) is 0 Å². The highest BCUT2D eigenvalue weighted by molar-refractivity contribution is 5.98. The number of nitrogens with one attached hydrogen (secondary N) is 2. The van der Waals surface area contributed by atoms with E-state index in [0.717, 1.165) is 37.2 Å². The quantitative estimate of drug-likeness (QED) is 0.876. The lowest BCUT2D eigenvalue weighted by atomic mass is 9.90. The van der Waals surface area contributed by atoms with Crippen LogP contribution >= 0.6 is 0 Å². The van der Waals surface area contributed by atoms with Gasteiger partial charge in [-0.3, -0.25) is 4.79 Å². The van der Waals surface area contributed by atoms with Crippen molar-refractivity contribution < 1.29 is 9.53 Å². The van der Waals surface area contributed by atoms with E-state index in [4.69, 9.17) is 4.74 Å². The third-order valence-corrected chi connectivity index (χ3v) is 3.52. The first-order chi connectivity index (χ1) is 9.14. The Balaban J connectivity index is 2.03. The molecule has 0 radical (unpaired) electrons. The molecule has 1 aromatic rings. The standard InChI is InChI=1S/C15H22N2O2/c1-3-19-13-8-6-7-12(11-13)17-14(18)15(2)9-4-5-10-16-15/h6-8,11,16H,3-5,9-10H2,1-2H3,(H,17,18). The predicted molar refractivity (Wildman–Crippen MR) is 76.5 cm³/mol. The second-order valence-electron chi connectivity index (χ2n) is 5.13. The number of ether oxygens (including phenoxy) is 1. The molecule has 1 fully saturated rings. The fourth-order valence-electron chi connectivity index (χ4n) is 2.35. The van der Waals surface area contributed by atoms with Crippen molar-refractivity contribution in [3.63, 3.8) is 0 Å². The van der Waals surface area contributed by atoms with Crippen molar-refractivity contribution in [1.29, 1.82) is 0 Å². The predicted octanol–water partition coefficient (Wildman–Crippen LogP) is 2.56. The lowest BCUT2D eigenvalue weighted by molar-refractivity contribution is -0.122. The average Bonchev–Trinajstić information content (AvgIpc) is 2.40. The molecular weight excluding hydrogens is 240 g/mol. The minimum absolute atomic E-state index is 0.0286. The number of carbonyl (C=O) groups is 1. The van der Waals surface area contributed by atoms with Gasteiger partial charge in [-0.25, -0.2) is 0 Å². The van der Waals surface area contributed by atoms with Gasteiger partial charge in [-0.2, -0.15) is 0 Å². The van der Waals surface area contributed by atoms with Crippen molar-refractivity contribution in [1.82, 2.24) is 5.32 Å². The van der Waals surface area contributed by atoms with Gasteiger partial charge < -0.3 is 15.4 Å². The molecular formula is C15H22N2O2. The fraction of sp³-hybridized carbons (Fsp3) is 0.533. The number of amides is 1. The van der Waals surface area contributed by atoms with E-state index in [2.05, 4.69) is 10.6 Å². The molecule has 0 aromatic heterocycles. The Hall–Kier alpha value is -1.55. The summed E-state index contributed by atoms with van der Waals surface area (Å²) in [6.45, 7) is 5.44. The largest absolute Gasteiger partial charge is 0.494 e. The molecule has 2 N–H and O–H groups in total. The maximum absolute atomic E-state index is 12.3. The van der Waals surface area contributed by atoms with Gasteiger partial charge >= 0.3 is 0 Å². The van der Waals surface area contributed by atoms with Crippen LogP contribution in [-0.4, -0.2) is 24.6 Å². The molecule has 0 bridgehead atoms. The summed E-state index contributed by atoms with van der Waals surface area (Å²) in [4.78, 5) is 12.3. The molecule has 1 unspecified atom stereocenters. The zero-order valence-electron chi connectivity index (χ0n) is 11.7. The van der Waals surface area contributed by atoms with Crippen LogP contribution in [0.1, 0.15) is 33.1 Å². The van der Waals surface area contributed by atoms with Gasteiger partial charge in [0, 0.05) is 11.8 Å². The minimum atomic E-state index is -0.458. The molecule has 0 aliphatic carbocycles. The van der Waals surface area contributed by atoms with E-state index in [1.165, 1.54) is 0 Å². The van der Waals surface area contributed by atoms with Crippen LogP contribution in [-0.2, 0) is 4.79 Å². The van der Waals surface area contributed by atoms with E-state index >= 15 is 0 Å². The van der Waals surface area contributed by atoms with Crippen molar-refractivity contribution in [2.45, 2.75) is 38.6 Å². The molecule has 4 heteroatoms. The van der Waals surface area contributed by atoms with Gasteiger partial charge in [0.25, 0.3) is 0 Å². The maximum atomic E-state index is 12.3. The fourth-order valence-corrected chi connectivity index (χ4v) is 2.35. The van der Waals surface area contributed by atoms with E-state index in [-0.39, 0.29) is 5.91 Å². The number of benzene rings is 1. The number of carbonyl (C=O) groups excluding carboxylic acids is 1. The third kappa shape index (κ3) is 3.47. The summed E-state index contributed by atoms with van der Waals surface area (Å²) in [6.07, 6.45) is 3.11. The van der Waals surface area contributed by atoms with E-state index in [0.29, 0.717) is 6.61 Å². The van der Waals surface area contributed by atoms with Gasteiger partial charge in [-0.15, -0.1) is 0 Å². The molecule has 0 saturated carbocycles. The number of anilines is 1. The molecule has 2 rings (SSSR count). The normalized spacial score (nSPS) is 22.8. The third-order valence-electron chi connectivity index (χ3n) is 3.52. The van der Waals surface area contributed by atoms with Crippen molar-refractivity contribution in [3.05, 3.63) is 24.3 Å². The lowest BCUT2D eigenvalue weighted by Crippen LogP contribution is -2.54. The van der Waals surface area contributed by atoms with Crippen molar-refractivity contribution in [2.24, 2.45) is 0 Å². The molecule has 1 heterocycles. The molecule has 19 heavy (non-hydrogen) atoms. The lowest BCUT2D eigenvalue weighted by Gasteiger charge is -2.33. The van der Waals surface area contributed by atoms with E-state index in [1.54, 1.807) is 0 Å². The maximum Gasteiger partial charge on any atom is 0.244 e. The summed E-state index contributed by atoms with van der Waals surface area (Å²) in [5.74, 6) is 0.808. The molecule has 1 aliphatic heterocycles. The zero-order chi connectivity index (χ0) is 13.7. The topological polar surface area (TPSA) is 50.4 Å². The molecule has 1 amide bonds. The van der Waals surface area contributed by atoms with Crippen LogP contribution < -0.4 is 15.4 Å². The monoisotopic (exact) mass is 262 g/mol. The van der Waals surface area contributed by atoms with Crippen molar-refractivity contribution >= 4 is 11.6 Å². The minimum Gasteiger partial charge on any atom is -0.494 e. The van der Waals surface area contributed by atoms with Crippen LogP contribution in [0, 0.1) is 0 Å². The van der Waals surface area contributed by atoms with Gasteiger partial charge in [-0.05, 0) is 51.8 Å². The summed E-state index contributed by atoms with van der Waals surface area (Å²) in [5, 5.41) is 6.28. The zero-order valence-corrected chi connectivity index (χ0v) is 11.7. The van der Waals surface area contributed by atoms with Gasteiger partial charge in [0.15, 0.2) is 0 Å². The Morgan fingerprint density at radius 3 is 3.00 bits per heavy atom. The van der Waals surface area contributed by atoms with Gasteiger partial charge in [0.2, 0.25) is 5.91 Å². The Kier molecular flexibility index (Phi) is 4.43. The number of piperidine rings is 1. The second-order valence-corrected chi connectivity index (χ2v) is 5.13. The highest BCUT2D eigenvalue weighted by Gasteiger charge is 2.34. The first-order valence-electron chi connectivity index (χ1n) is 6.93. The summed E-state index contributed by atoms with van der Waals surface area (Å²) < 4.78 is 5.43. The van der Waals surface area contributed by atoms with Gasteiger partial charge in [-0.1, -0.05) is 6.07 Å². The van der Waals surface area contributed by atoms with Crippen LogP contribution in [0.4, 0.5) is 5.69 Å². The van der Waals surface area contributed by atoms with Gasteiger partial charge in [0.05, 0.1) is 12.1 Å². The second kappa shape index (κ2) is 6.06.